The number of carboxylic acids is 1. The van der Waals surface area contributed by atoms with E-state index in [1.165, 1.54) is 0 Å². The normalized spacial score (nSPS) is 10.2. The summed E-state index contributed by atoms with van der Waals surface area (Å²) in [6.45, 7) is 0.482. The second-order valence-corrected chi connectivity index (χ2v) is 3.74. The summed E-state index contributed by atoms with van der Waals surface area (Å²) in [7, 11) is 1.83. The van der Waals surface area contributed by atoms with E-state index in [4.69, 9.17) is 9.84 Å². The standard InChI is InChI=1S/C10H17N5O4/c1-15-7-13-14-8(15)2-3-11-10(18)12-4-5-19-6-9(16)17/h7H,2-6H2,1H3,(H,16,17)(H2,11,12,18). The number of carboxylic acid groups (broad SMARTS) is 1. The lowest BCUT2D eigenvalue weighted by molar-refractivity contribution is -0.142. The fourth-order valence-corrected chi connectivity index (χ4v) is 1.28. The summed E-state index contributed by atoms with van der Waals surface area (Å²) in [6.07, 6.45) is 2.18. The first-order chi connectivity index (χ1) is 9.09. The average Bonchev–Trinajstić information content (AvgIpc) is 2.74. The third kappa shape index (κ3) is 6.36. The lowest BCUT2D eigenvalue weighted by atomic mass is 10.4. The first-order valence-corrected chi connectivity index (χ1v) is 5.73. The van der Waals surface area contributed by atoms with E-state index in [0.717, 1.165) is 5.82 Å². The van der Waals surface area contributed by atoms with Gasteiger partial charge in [0.25, 0.3) is 0 Å². The van der Waals surface area contributed by atoms with Crippen LogP contribution in [0.2, 0.25) is 0 Å². The molecule has 9 heteroatoms. The highest BCUT2D eigenvalue weighted by molar-refractivity contribution is 5.73. The number of rotatable bonds is 8. The van der Waals surface area contributed by atoms with Gasteiger partial charge in [-0.2, -0.15) is 0 Å². The summed E-state index contributed by atoms with van der Waals surface area (Å²) in [5.41, 5.74) is 0. The topological polar surface area (TPSA) is 118 Å². The van der Waals surface area contributed by atoms with E-state index in [9.17, 15) is 9.59 Å². The fraction of sp³-hybridized carbons (Fsp3) is 0.600. The predicted molar refractivity (Wildman–Crippen MR) is 64.6 cm³/mol. The van der Waals surface area contributed by atoms with Crippen molar-refractivity contribution in [3.63, 3.8) is 0 Å². The van der Waals surface area contributed by atoms with Crippen molar-refractivity contribution in [2.45, 2.75) is 6.42 Å². The van der Waals surface area contributed by atoms with Crippen molar-refractivity contribution in [2.24, 2.45) is 7.05 Å². The zero-order valence-electron chi connectivity index (χ0n) is 10.6. The van der Waals surface area contributed by atoms with Gasteiger partial charge in [-0.05, 0) is 0 Å². The van der Waals surface area contributed by atoms with Crippen molar-refractivity contribution in [3.05, 3.63) is 12.2 Å². The van der Waals surface area contributed by atoms with E-state index in [1.807, 2.05) is 7.05 Å². The van der Waals surface area contributed by atoms with Crippen LogP contribution in [0.3, 0.4) is 0 Å². The predicted octanol–water partition coefficient (Wildman–Crippen LogP) is -1.24. The van der Waals surface area contributed by atoms with Gasteiger partial charge in [-0.25, -0.2) is 9.59 Å². The quantitative estimate of drug-likeness (QED) is 0.509. The molecule has 0 fully saturated rings. The van der Waals surface area contributed by atoms with E-state index in [2.05, 4.69) is 20.8 Å². The molecule has 9 nitrogen and oxygen atoms in total. The minimum atomic E-state index is -1.03. The smallest absolute Gasteiger partial charge is 0.329 e. The number of hydrogen-bond acceptors (Lipinski definition) is 5. The summed E-state index contributed by atoms with van der Waals surface area (Å²) in [5, 5.41) is 21.1. The number of nitrogens with one attached hydrogen (secondary N) is 2. The molecule has 106 valence electrons. The number of nitrogens with zero attached hydrogens (tertiary/aromatic N) is 3. The molecule has 19 heavy (non-hydrogen) atoms. The van der Waals surface area contributed by atoms with Crippen LogP contribution < -0.4 is 10.6 Å². The number of hydrogen-bond donors (Lipinski definition) is 3. The number of amides is 2. The van der Waals surface area contributed by atoms with Gasteiger partial charge in [0.2, 0.25) is 0 Å². The Morgan fingerprint density at radius 1 is 1.42 bits per heavy atom. The van der Waals surface area contributed by atoms with Gasteiger partial charge < -0.3 is 25.0 Å². The number of aromatic nitrogens is 3. The van der Waals surface area contributed by atoms with Crippen LogP contribution in [0, 0.1) is 0 Å². The molecule has 0 radical (unpaired) electrons. The monoisotopic (exact) mass is 271 g/mol. The maximum absolute atomic E-state index is 11.3. The number of carbonyl (C=O) groups is 2. The molecule has 0 saturated heterocycles. The van der Waals surface area contributed by atoms with Gasteiger partial charge in [0, 0.05) is 26.6 Å². The Labute approximate surface area is 110 Å². The van der Waals surface area contributed by atoms with Crippen molar-refractivity contribution >= 4 is 12.0 Å². The second kappa shape index (κ2) is 8.03. The van der Waals surface area contributed by atoms with Crippen molar-refractivity contribution in [2.75, 3.05) is 26.3 Å². The molecule has 3 N–H and O–H groups in total. The van der Waals surface area contributed by atoms with E-state index < -0.39 is 5.97 Å². The highest BCUT2D eigenvalue weighted by atomic mass is 16.5. The number of urea groups is 1. The van der Waals surface area contributed by atoms with Crippen LogP contribution in [0.5, 0.6) is 0 Å². The molecular weight excluding hydrogens is 254 g/mol. The summed E-state index contributed by atoms with van der Waals surface area (Å²) in [4.78, 5) is 21.5. The molecule has 0 saturated carbocycles. The molecule has 0 atom stereocenters. The van der Waals surface area contributed by atoms with Crippen LogP contribution in [-0.4, -0.2) is 58.2 Å². The van der Waals surface area contributed by atoms with Gasteiger partial charge in [0.1, 0.15) is 18.8 Å². The van der Waals surface area contributed by atoms with Crippen molar-refractivity contribution < 1.29 is 19.4 Å². The van der Waals surface area contributed by atoms with Gasteiger partial charge in [0.15, 0.2) is 0 Å². The first-order valence-electron chi connectivity index (χ1n) is 5.73. The fourth-order valence-electron chi connectivity index (χ4n) is 1.28. The Balaban J connectivity index is 2.02. The molecule has 1 aromatic rings. The van der Waals surface area contributed by atoms with Crippen molar-refractivity contribution in [1.29, 1.82) is 0 Å². The lowest BCUT2D eigenvalue weighted by Crippen LogP contribution is -2.38. The molecule has 1 rings (SSSR count). The molecule has 0 aliphatic carbocycles. The zero-order chi connectivity index (χ0) is 14.1. The van der Waals surface area contributed by atoms with Gasteiger partial charge in [-0.1, -0.05) is 0 Å². The minimum absolute atomic E-state index is 0.156. The molecule has 2 amide bonds. The molecule has 0 unspecified atom stereocenters. The summed E-state index contributed by atoms with van der Waals surface area (Å²) in [6, 6.07) is -0.332. The van der Waals surface area contributed by atoms with E-state index in [-0.39, 0.29) is 25.8 Å². The third-order valence-electron chi connectivity index (χ3n) is 2.20. The highest BCUT2D eigenvalue weighted by Gasteiger charge is 2.03. The van der Waals surface area contributed by atoms with Crippen LogP contribution in [-0.2, 0) is 23.0 Å². The Morgan fingerprint density at radius 3 is 2.79 bits per heavy atom. The van der Waals surface area contributed by atoms with Gasteiger partial charge in [-0.3, -0.25) is 0 Å². The Kier molecular flexibility index (Phi) is 6.30. The Morgan fingerprint density at radius 2 is 2.16 bits per heavy atom. The lowest BCUT2D eigenvalue weighted by Gasteiger charge is -2.07. The summed E-state index contributed by atoms with van der Waals surface area (Å²) in [5.74, 6) is -0.252. The van der Waals surface area contributed by atoms with E-state index >= 15 is 0 Å². The number of ether oxygens (including phenoxy) is 1. The first kappa shape index (κ1) is 14.9. The summed E-state index contributed by atoms with van der Waals surface area (Å²) >= 11 is 0. The highest BCUT2D eigenvalue weighted by Crippen LogP contribution is 1.90. The van der Waals surface area contributed by atoms with Crippen LogP contribution in [0.4, 0.5) is 4.79 Å². The van der Waals surface area contributed by atoms with Crippen LogP contribution >= 0.6 is 0 Å². The van der Waals surface area contributed by atoms with Crippen molar-refractivity contribution in [3.8, 4) is 0 Å². The maximum Gasteiger partial charge on any atom is 0.329 e. The largest absolute Gasteiger partial charge is 0.480 e. The molecule has 0 aliphatic heterocycles. The van der Waals surface area contributed by atoms with Gasteiger partial charge in [0.05, 0.1) is 6.61 Å². The zero-order valence-corrected chi connectivity index (χ0v) is 10.6. The molecule has 0 aromatic carbocycles. The molecule has 1 heterocycles. The number of aliphatic carboxylic acids is 1. The van der Waals surface area contributed by atoms with E-state index in [0.29, 0.717) is 13.0 Å². The second-order valence-electron chi connectivity index (χ2n) is 3.74. The molecular formula is C10H17N5O4. The molecule has 0 aliphatic rings. The Hall–Kier alpha value is -2.16. The van der Waals surface area contributed by atoms with Crippen molar-refractivity contribution in [1.82, 2.24) is 25.4 Å². The number of carbonyl (C=O) groups excluding carboxylic acids is 1. The van der Waals surface area contributed by atoms with Gasteiger partial charge >= 0.3 is 12.0 Å². The molecule has 0 spiro atoms. The molecule has 0 bridgehead atoms. The van der Waals surface area contributed by atoms with E-state index in [1.54, 1.807) is 10.9 Å². The number of aryl methyl sites for hydroxylation is 1. The minimum Gasteiger partial charge on any atom is -0.480 e. The Bertz CT molecular complexity index is 420. The van der Waals surface area contributed by atoms with Crippen LogP contribution in [0.25, 0.3) is 0 Å². The summed E-state index contributed by atoms with van der Waals surface area (Å²) < 4.78 is 6.54. The maximum atomic E-state index is 11.3. The van der Waals surface area contributed by atoms with Crippen LogP contribution in [0.1, 0.15) is 5.82 Å². The molecule has 1 aromatic heterocycles. The third-order valence-corrected chi connectivity index (χ3v) is 2.20. The van der Waals surface area contributed by atoms with Gasteiger partial charge in [-0.15, -0.1) is 10.2 Å². The average molecular weight is 271 g/mol. The SMILES string of the molecule is Cn1cnnc1CCNC(=O)NCCOCC(=O)O. The van der Waals surface area contributed by atoms with Crippen LogP contribution in [0.15, 0.2) is 6.33 Å².